The van der Waals surface area contributed by atoms with Gasteiger partial charge in [-0.05, 0) is 50.3 Å². The van der Waals surface area contributed by atoms with E-state index in [2.05, 4.69) is 20.2 Å². The van der Waals surface area contributed by atoms with E-state index < -0.39 is 15.8 Å². The van der Waals surface area contributed by atoms with Gasteiger partial charge in [0, 0.05) is 28.6 Å². The predicted molar refractivity (Wildman–Crippen MR) is 155 cm³/mol. The van der Waals surface area contributed by atoms with Crippen molar-refractivity contribution in [2.45, 2.75) is 18.7 Å². The normalized spacial score (nSPS) is 12.2. The number of sulfonamides is 1. The van der Waals surface area contributed by atoms with Crippen molar-refractivity contribution in [1.82, 2.24) is 5.16 Å². The number of carbonyl (C=O) groups is 1. The van der Waals surface area contributed by atoms with E-state index in [0.717, 1.165) is 0 Å². The van der Waals surface area contributed by atoms with Crippen molar-refractivity contribution in [2.24, 2.45) is 4.99 Å². The second-order valence-electron chi connectivity index (χ2n) is 8.36. The summed E-state index contributed by atoms with van der Waals surface area (Å²) in [5.41, 5.74) is 2.43. The quantitative estimate of drug-likeness (QED) is 0.0820. The van der Waals surface area contributed by atoms with Crippen molar-refractivity contribution in [3.05, 3.63) is 113 Å². The van der Waals surface area contributed by atoms with Gasteiger partial charge in [0.05, 0.1) is 16.2 Å². The zero-order chi connectivity index (χ0) is 28.0. The summed E-state index contributed by atoms with van der Waals surface area (Å²) in [6.45, 7) is 3.41. The highest BCUT2D eigenvalue weighted by atomic mass is 32.2. The Morgan fingerprint density at radius 1 is 0.949 bits per heavy atom. The maximum Gasteiger partial charge on any atom is 0.264 e. The molecule has 1 heterocycles. The number of thiocarbonyl (C=S) groups is 1. The third-order valence-corrected chi connectivity index (χ3v) is 7.25. The van der Waals surface area contributed by atoms with Gasteiger partial charge in [-0.1, -0.05) is 65.8 Å². The minimum absolute atomic E-state index is 0.00221. The van der Waals surface area contributed by atoms with E-state index in [1.54, 1.807) is 74.5 Å². The molecule has 11 heteroatoms. The summed E-state index contributed by atoms with van der Waals surface area (Å²) in [7, 11) is -3.91. The zero-order valence-corrected chi connectivity index (χ0v) is 22.6. The summed E-state index contributed by atoms with van der Waals surface area (Å²) in [5.74, 6) is -0.615. The molecule has 0 radical (unpaired) electrons. The highest BCUT2D eigenvalue weighted by Gasteiger charge is 2.20. The molecule has 0 atom stereocenters. The molecule has 39 heavy (non-hydrogen) atoms. The first-order valence-electron chi connectivity index (χ1n) is 11.6. The fraction of sp³-hybridized carbons (Fsp3) is 0.0714. The molecule has 0 saturated heterocycles. The van der Waals surface area contributed by atoms with Crippen molar-refractivity contribution >= 4 is 56.7 Å². The largest absolute Gasteiger partial charge is 0.506 e. The average Bonchev–Trinajstić information content (AvgIpc) is 3.25. The van der Waals surface area contributed by atoms with Crippen LogP contribution in [-0.2, 0) is 10.0 Å². The smallest absolute Gasteiger partial charge is 0.264 e. The van der Waals surface area contributed by atoms with Crippen LogP contribution in [0.25, 0.3) is 5.76 Å². The van der Waals surface area contributed by atoms with Crippen LogP contribution in [0.15, 0.2) is 105 Å². The molecular formula is C28H24N4O5S2. The Bertz CT molecular complexity index is 1660. The molecule has 198 valence electrons. The Morgan fingerprint density at radius 2 is 1.54 bits per heavy atom. The number of aryl methyl sites for hydroxylation is 1. The van der Waals surface area contributed by atoms with Crippen molar-refractivity contribution in [3.63, 3.8) is 0 Å². The summed E-state index contributed by atoms with van der Waals surface area (Å²) < 4.78 is 32.8. The van der Waals surface area contributed by atoms with E-state index in [1.165, 1.54) is 30.5 Å². The number of aliphatic imine (C=N–C) groups is 1. The number of hydrogen-bond acceptors (Lipinski definition) is 7. The summed E-state index contributed by atoms with van der Waals surface area (Å²) >= 11 is 5.30. The number of anilines is 2. The Kier molecular flexibility index (Phi) is 8.33. The fourth-order valence-electron chi connectivity index (χ4n) is 3.41. The number of carbonyl (C=O) groups excluding carboxylic acids is 1. The van der Waals surface area contributed by atoms with Crippen molar-refractivity contribution in [1.29, 1.82) is 0 Å². The molecule has 1 aromatic heterocycles. The van der Waals surface area contributed by atoms with Gasteiger partial charge in [-0.2, -0.15) is 0 Å². The van der Waals surface area contributed by atoms with Gasteiger partial charge >= 0.3 is 0 Å². The van der Waals surface area contributed by atoms with Crippen molar-refractivity contribution in [2.75, 3.05) is 10.0 Å². The maximum absolute atomic E-state index is 13.2. The SMILES string of the molecule is Cc1noc(NS(=O)(=O)c2ccc(NC(=S)N=CC(C(=O)c3ccccc3)=C(O)c3ccccc3)cc2)c1C. The number of nitrogens with one attached hydrogen (secondary N) is 2. The van der Waals surface area contributed by atoms with Gasteiger partial charge in [0.25, 0.3) is 10.0 Å². The molecule has 4 aromatic rings. The molecule has 0 bridgehead atoms. The van der Waals surface area contributed by atoms with Crippen LogP contribution in [0.3, 0.4) is 0 Å². The molecule has 0 spiro atoms. The first-order valence-corrected chi connectivity index (χ1v) is 13.5. The molecule has 0 aliphatic rings. The van der Waals surface area contributed by atoms with Gasteiger partial charge in [-0.15, -0.1) is 0 Å². The predicted octanol–water partition coefficient (Wildman–Crippen LogP) is 5.71. The van der Waals surface area contributed by atoms with Crippen molar-refractivity contribution < 1.29 is 22.8 Å². The van der Waals surface area contributed by atoms with Crippen LogP contribution in [0, 0.1) is 13.8 Å². The minimum Gasteiger partial charge on any atom is -0.506 e. The molecule has 3 aromatic carbocycles. The first-order chi connectivity index (χ1) is 18.7. The van der Waals surface area contributed by atoms with E-state index >= 15 is 0 Å². The minimum atomic E-state index is -3.91. The van der Waals surface area contributed by atoms with Crippen molar-refractivity contribution in [3.8, 4) is 0 Å². The summed E-state index contributed by atoms with van der Waals surface area (Å²) in [6.07, 6.45) is 1.21. The van der Waals surface area contributed by atoms with Gasteiger partial charge in [-0.25, -0.2) is 18.1 Å². The van der Waals surface area contributed by atoms with E-state index in [4.69, 9.17) is 16.7 Å². The lowest BCUT2D eigenvalue weighted by Crippen LogP contribution is -2.14. The second-order valence-corrected chi connectivity index (χ2v) is 10.4. The number of aromatic nitrogens is 1. The Labute approximate surface area is 231 Å². The molecule has 9 nitrogen and oxygen atoms in total. The number of aliphatic hydroxyl groups excluding tert-OH is 1. The monoisotopic (exact) mass is 560 g/mol. The lowest BCUT2D eigenvalue weighted by Gasteiger charge is -2.09. The molecule has 0 fully saturated rings. The van der Waals surface area contributed by atoms with Crippen LogP contribution in [0.5, 0.6) is 0 Å². The number of aliphatic hydroxyl groups is 1. The molecule has 0 saturated carbocycles. The number of allylic oxidation sites excluding steroid dienone is 1. The van der Waals surface area contributed by atoms with Crippen LogP contribution >= 0.6 is 12.2 Å². The third-order valence-electron chi connectivity index (χ3n) is 5.69. The van der Waals surface area contributed by atoms with Gasteiger partial charge in [0.2, 0.25) is 5.88 Å². The third kappa shape index (κ3) is 6.64. The van der Waals surface area contributed by atoms with Gasteiger partial charge in [0.15, 0.2) is 10.9 Å². The lowest BCUT2D eigenvalue weighted by molar-refractivity contribution is 0.104. The number of Topliss-reactive ketones (excluding diaryl/α,β-unsaturated/α-hetero) is 1. The van der Waals surface area contributed by atoms with Crippen LogP contribution < -0.4 is 10.0 Å². The highest BCUT2D eigenvalue weighted by molar-refractivity contribution is 7.92. The molecule has 0 aliphatic heterocycles. The number of hydrogen-bond donors (Lipinski definition) is 3. The molecule has 0 amide bonds. The average molecular weight is 561 g/mol. The number of nitrogens with zero attached hydrogens (tertiary/aromatic N) is 2. The van der Waals surface area contributed by atoms with Crippen LogP contribution in [0.1, 0.15) is 27.2 Å². The number of benzene rings is 3. The molecule has 0 unspecified atom stereocenters. The molecule has 3 N–H and O–H groups in total. The van der Waals surface area contributed by atoms with Gasteiger partial charge in [-0.3, -0.25) is 4.79 Å². The van der Waals surface area contributed by atoms with E-state index in [-0.39, 0.29) is 27.2 Å². The Balaban J connectivity index is 1.51. The Hall–Kier alpha value is -4.61. The Morgan fingerprint density at radius 3 is 2.10 bits per heavy atom. The summed E-state index contributed by atoms with van der Waals surface area (Å²) in [6, 6.07) is 23.0. The first kappa shape index (κ1) is 27.4. The van der Waals surface area contributed by atoms with E-state index in [1.807, 2.05) is 0 Å². The number of ketones is 1. The summed E-state index contributed by atoms with van der Waals surface area (Å²) in [4.78, 5) is 17.3. The fourth-order valence-corrected chi connectivity index (χ4v) is 4.63. The molecule has 4 rings (SSSR count). The van der Waals surface area contributed by atoms with E-state index in [9.17, 15) is 18.3 Å². The topological polar surface area (TPSA) is 134 Å². The van der Waals surface area contributed by atoms with E-state index in [0.29, 0.717) is 28.1 Å². The lowest BCUT2D eigenvalue weighted by atomic mass is 10.0. The molecule has 0 aliphatic carbocycles. The zero-order valence-electron chi connectivity index (χ0n) is 21.0. The van der Waals surface area contributed by atoms with Crippen LogP contribution in [-0.4, -0.2) is 35.8 Å². The van der Waals surface area contributed by atoms with Crippen LogP contribution in [0.4, 0.5) is 11.6 Å². The number of rotatable bonds is 8. The second kappa shape index (κ2) is 11.8. The highest BCUT2D eigenvalue weighted by Crippen LogP contribution is 2.23. The molecular weight excluding hydrogens is 536 g/mol. The maximum atomic E-state index is 13.2. The standard InChI is InChI=1S/C28H24N4O5S2/c1-18-19(2)31-37-27(18)32-39(35,36)23-15-13-22(14-16-23)30-28(38)29-17-24(25(33)20-9-5-3-6-10-20)26(34)21-11-7-4-8-12-21/h3-17,32-33H,1-2H3,(H,30,38). The van der Waals surface area contributed by atoms with Gasteiger partial charge < -0.3 is 14.9 Å². The van der Waals surface area contributed by atoms with Gasteiger partial charge in [0.1, 0.15) is 5.76 Å². The summed E-state index contributed by atoms with van der Waals surface area (Å²) in [5, 5.41) is 17.5. The van der Waals surface area contributed by atoms with Crippen LogP contribution in [0.2, 0.25) is 0 Å².